The van der Waals surface area contributed by atoms with Crippen LogP contribution in [0, 0.1) is 0 Å². The summed E-state index contributed by atoms with van der Waals surface area (Å²) in [6.07, 6.45) is 0.919. The molecule has 0 atom stereocenters. The molecular formula is C16H15NOS. The summed E-state index contributed by atoms with van der Waals surface area (Å²) in [5, 5.41) is 1.09. The van der Waals surface area contributed by atoms with Crippen LogP contribution in [0.5, 0.6) is 0 Å². The third-order valence-electron chi connectivity index (χ3n) is 3.12. The van der Waals surface area contributed by atoms with Gasteiger partial charge in [0.05, 0.1) is 16.8 Å². The second-order valence-corrected chi connectivity index (χ2v) is 5.42. The quantitative estimate of drug-likeness (QED) is 0.709. The zero-order chi connectivity index (χ0) is 13.1. The highest BCUT2D eigenvalue weighted by Crippen LogP contribution is 2.32. The van der Waals surface area contributed by atoms with E-state index in [-0.39, 0.29) is 0 Å². The molecule has 0 aliphatic rings. The summed E-state index contributed by atoms with van der Waals surface area (Å²) in [6, 6.07) is 16.7. The van der Waals surface area contributed by atoms with E-state index in [1.54, 1.807) is 18.4 Å². The Morgan fingerprint density at radius 3 is 2.68 bits per heavy atom. The largest absolute Gasteiger partial charge is 0.384 e. The van der Waals surface area contributed by atoms with Crippen molar-refractivity contribution in [3.05, 3.63) is 54.1 Å². The van der Waals surface area contributed by atoms with E-state index in [9.17, 15) is 0 Å². The molecule has 0 saturated heterocycles. The molecular weight excluding hydrogens is 254 g/mol. The number of thiazole rings is 1. The van der Waals surface area contributed by atoms with Gasteiger partial charge in [-0.2, -0.15) is 0 Å². The number of nitrogens with zero attached hydrogens (tertiary/aromatic N) is 1. The lowest BCUT2D eigenvalue weighted by molar-refractivity contribution is 0.202. The summed E-state index contributed by atoms with van der Waals surface area (Å²) in [7, 11) is 1.74. The molecule has 96 valence electrons. The van der Waals surface area contributed by atoms with E-state index in [2.05, 4.69) is 42.5 Å². The Labute approximate surface area is 116 Å². The van der Waals surface area contributed by atoms with Crippen LogP contribution < -0.4 is 0 Å². The molecule has 0 aliphatic carbocycles. The van der Waals surface area contributed by atoms with Gasteiger partial charge in [-0.05, 0) is 24.1 Å². The number of benzene rings is 2. The maximum atomic E-state index is 5.18. The van der Waals surface area contributed by atoms with Crippen LogP contribution in [0.25, 0.3) is 20.8 Å². The molecule has 0 saturated carbocycles. The monoisotopic (exact) mass is 269 g/mol. The van der Waals surface area contributed by atoms with Gasteiger partial charge in [0.1, 0.15) is 5.01 Å². The van der Waals surface area contributed by atoms with Crippen molar-refractivity contribution in [3.8, 4) is 10.6 Å². The van der Waals surface area contributed by atoms with Crippen LogP contribution in [0.15, 0.2) is 48.5 Å². The number of hydrogen-bond donors (Lipinski definition) is 0. The lowest BCUT2D eigenvalue weighted by atomic mass is 10.1. The highest BCUT2D eigenvalue weighted by molar-refractivity contribution is 7.21. The van der Waals surface area contributed by atoms with Gasteiger partial charge in [-0.1, -0.05) is 36.4 Å². The van der Waals surface area contributed by atoms with Crippen LogP contribution in [0.3, 0.4) is 0 Å². The molecule has 0 amide bonds. The van der Waals surface area contributed by atoms with E-state index in [1.807, 2.05) is 6.07 Å². The molecule has 0 spiro atoms. The summed E-state index contributed by atoms with van der Waals surface area (Å²) < 4.78 is 6.41. The first-order chi connectivity index (χ1) is 9.38. The van der Waals surface area contributed by atoms with Crippen molar-refractivity contribution in [2.45, 2.75) is 6.42 Å². The first kappa shape index (κ1) is 12.3. The zero-order valence-corrected chi connectivity index (χ0v) is 11.6. The van der Waals surface area contributed by atoms with Crippen LogP contribution >= 0.6 is 11.3 Å². The fourth-order valence-electron chi connectivity index (χ4n) is 2.15. The Bertz CT molecular complexity index is 657. The molecule has 0 N–H and O–H groups in total. The first-order valence-electron chi connectivity index (χ1n) is 6.31. The van der Waals surface area contributed by atoms with E-state index in [0.717, 1.165) is 23.6 Å². The molecule has 1 aromatic heterocycles. The van der Waals surface area contributed by atoms with E-state index < -0.39 is 0 Å². The third-order valence-corrected chi connectivity index (χ3v) is 4.19. The molecule has 0 aliphatic heterocycles. The minimum atomic E-state index is 0.738. The molecule has 0 bridgehead atoms. The number of methoxy groups -OCH3 is 1. The average molecular weight is 269 g/mol. The van der Waals surface area contributed by atoms with Gasteiger partial charge in [0, 0.05) is 12.7 Å². The predicted molar refractivity (Wildman–Crippen MR) is 80.6 cm³/mol. The number of fused-ring (bicyclic) bond motifs is 1. The third kappa shape index (κ3) is 2.53. The SMILES string of the molecule is COCCc1ccccc1-c1nc2ccccc2s1. The maximum absolute atomic E-state index is 5.18. The lowest BCUT2D eigenvalue weighted by Crippen LogP contribution is -1.96. The molecule has 0 unspecified atom stereocenters. The van der Waals surface area contributed by atoms with Crippen LogP contribution in [0.4, 0.5) is 0 Å². The normalized spacial score (nSPS) is 11.0. The standard InChI is InChI=1S/C16H15NOS/c1-18-11-10-12-6-2-3-7-13(12)16-17-14-8-4-5-9-15(14)19-16/h2-9H,10-11H2,1H3. The molecule has 3 heteroatoms. The van der Waals surface area contributed by atoms with Crippen molar-refractivity contribution in [3.63, 3.8) is 0 Å². The number of hydrogen-bond acceptors (Lipinski definition) is 3. The average Bonchev–Trinajstić information content (AvgIpc) is 2.89. The van der Waals surface area contributed by atoms with Gasteiger partial charge in [-0.25, -0.2) is 4.98 Å². The summed E-state index contributed by atoms with van der Waals surface area (Å²) in [5.74, 6) is 0. The van der Waals surface area contributed by atoms with Gasteiger partial charge < -0.3 is 4.74 Å². The van der Waals surface area contributed by atoms with Crippen molar-refractivity contribution in [1.29, 1.82) is 0 Å². The number of ether oxygens (including phenoxy) is 1. The van der Waals surface area contributed by atoms with Gasteiger partial charge >= 0.3 is 0 Å². The van der Waals surface area contributed by atoms with Gasteiger partial charge in [-0.15, -0.1) is 11.3 Å². The summed E-state index contributed by atoms with van der Waals surface area (Å²) >= 11 is 1.75. The van der Waals surface area contributed by atoms with E-state index >= 15 is 0 Å². The second-order valence-electron chi connectivity index (χ2n) is 4.39. The Morgan fingerprint density at radius 2 is 1.84 bits per heavy atom. The van der Waals surface area contributed by atoms with Gasteiger partial charge in [0.2, 0.25) is 0 Å². The van der Waals surface area contributed by atoms with E-state index in [4.69, 9.17) is 9.72 Å². The van der Waals surface area contributed by atoms with Crippen LogP contribution in [0.2, 0.25) is 0 Å². The maximum Gasteiger partial charge on any atom is 0.124 e. The van der Waals surface area contributed by atoms with E-state index in [0.29, 0.717) is 0 Å². The topological polar surface area (TPSA) is 22.1 Å². The van der Waals surface area contributed by atoms with E-state index in [1.165, 1.54) is 15.8 Å². The van der Waals surface area contributed by atoms with Crippen LogP contribution in [-0.4, -0.2) is 18.7 Å². The summed E-state index contributed by atoms with van der Waals surface area (Å²) in [5.41, 5.74) is 3.59. The predicted octanol–water partition coefficient (Wildman–Crippen LogP) is 4.15. The number of rotatable bonds is 4. The van der Waals surface area contributed by atoms with Gasteiger partial charge in [0.25, 0.3) is 0 Å². The van der Waals surface area contributed by atoms with Crippen molar-refractivity contribution in [2.24, 2.45) is 0 Å². The zero-order valence-electron chi connectivity index (χ0n) is 10.8. The fourth-order valence-corrected chi connectivity index (χ4v) is 3.17. The first-order valence-corrected chi connectivity index (χ1v) is 7.13. The van der Waals surface area contributed by atoms with Crippen LogP contribution in [0.1, 0.15) is 5.56 Å². The summed E-state index contributed by atoms with van der Waals surface area (Å²) in [4.78, 5) is 4.73. The fraction of sp³-hybridized carbons (Fsp3) is 0.188. The Kier molecular flexibility index (Phi) is 3.58. The summed E-state index contributed by atoms with van der Waals surface area (Å²) in [6.45, 7) is 0.738. The highest BCUT2D eigenvalue weighted by atomic mass is 32.1. The minimum absolute atomic E-state index is 0.738. The minimum Gasteiger partial charge on any atom is -0.384 e. The van der Waals surface area contributed by atoms with Gasteiger partial charge in [0.15, 0.2) is 0 Å². The molecule has 1 heterocycles. The Hall–Kier alpha value is -1.71. The molecule has 0 radical (unpaired) electrons. The lowest BCUT2D eigenvalue weighted by Gasteiger charge is -2.06. The van der Waals surface area contributed by atoms with Crippen molar-refractivity contribution in [2.75, 3.05) is 13.7 Å². The van der Waals surface area contributed by atoms with Crippen LogP contribution in [-0.2, 0) is 11.2 Å². The van der Waals surface area contributed by atoms with Gasteiger partial charge in [-0.3, -0.25) is 0 Å². The second kappa shape index (κ2) is 5.51. The molecule has 19 heavy (non-hydrogen) atoms. The van der Waals surface area contributed by atoms with Crippen molar-refractivity contribution in [1.82, 2.24) is 4.98 Å². The number of aromatic nitrogens is 1. The molecule has 0 fully saturated rings. The molecule has 2 aromatic carbocycles. The molecule has 2 nitrogen and oxygen atoms in total. The Balaban J connectivity index is 2.05. The highest BCUT2D eigenvalue weighted by Gasteiger charge is 2.09. The molecule has 3 rings (SSSR count). The number of para-hydroxylation sites is 1. The smallest absolute Gasteiger partial charge is 0.124 e. The molecule has 3 aromatic rings. The Morgan fingerprint density at radius 1 is 1.05 bits per heavy atom. The van der Waals surface area contributed by atoms with Crippen molar-refractivity contribution >= 4 is 21.6 Å². The van der Waals surface area contributed by atoms with Crippen molar-refractivity contribution < 1.29 is 4.74 Å².